The highest BCUT2D eigenvalue weighted by Gasteiger charge is 2.34. The number of nitrogens with zero attached hydrogens (tertiary/aromatic N) is 2. The van der Waals surface area contributed by atoms with Crippen molar-refractivity contribution < 1.29 is 5.11 Å². The van der Waals surface area contributed by atoms with Crippen LogP contribution >= 0.6 is 0 Å². The lowest BCUT2D eigenvalue weighted by Crippen LogP contribution is -2.41. The van der Waals surface area contributed by atoms with Crippen LogP contribution in [0, 0.1) is 0 Å². The molecule has 0 saturated carbocycles. The summed E-state index contributed by atoms with van der Waals surface area (Å²) in [5.74, 6) is 0.388. The predicted molar refractivity (Wildman–Crippen MR) is 88.9 cm³/mol. The highest BCUT2D eigenvalue weighted by Crippen LogP contribution is 2.34. The van der Waals surface area contributed by atoms with Gasteiger partial charge in [0.25, 0.3) is 0 Å². The maximum Gasteiger partial charge on any atom is 0.141 e. The molecule has 0 spiro atoms. The Kier molecular flexibility index (Phi) is 3.67. The highest BCUT2D eigenvalue weighted by atomic mass is 16.3. The lowest BCUT2D eigenvalue weighted by Gasteiger charge is -2.34. The number of fused-ring (bicyclic) bond motifs is 1. The number of rotatable bonds is 3. The average molecular weight is 296 g/mol. The van der Waals surface area contributed by atoms with Gasteiger partial charge in [0.2, 0.25) is 0 Å². The van der Waals surface area contributed by atoms with Gasteiger partial charge in [0.1, 0.15) is 5.75 Å². The monoisotopic (exact) mass is 296 g/mol. The van der Waals surface area contributed by atoms with Crippen molar-refractivity contribution in [2.75, 3.05) is 6.54 Å². The zero-order valence-corrected chi connectivity index (χ0v) is 13.0. The van der Waals surface area contributed by atoms with Crippen LogP contribution in [-0.4, -0.2) is 33.2 Å². The standard InChI is InChI=1S/C19H24N2O/c22-19-14-20(13-18(19)15-6-2-1-3-7-15)12-17-10-9-16-8-4-5-11-21(16)17/h1-3,6-7,13-14,16-17,22H,4-5,8-12H2. The van der Waals surface area contributed by atoms with E-state index in [0.717, 1.165) is 23.7 Å². The van der Waals surface area contributed by atoms with E-state index in [4.69, 9.17) is 0 Å². The molecule has 0 bridgehead atoms. The average Bonchev–Trinajstić information content (AvgIpc) is 3.13. The zero-order valence-electron chi connectivity index (χ0n) is 13.0. The Morgan fingerprint density at radius 3 is 2.73 bits per heavy atom. The van der Waals surface area contributed by atoms with E-state index >= 15 is 0 Å². The van der Waals surface area contributed by atoms with Crippen molar-refractivity contribution in [2.24, 2.45) is 0 Å². The van der Waals surface area contributed by atoms with Gasteiger partial charge in [0, 0.05) is 36.6 Å². The molecule has 0 aliphatic carbocycles. The smallest absolute Gasteiger partial charge is 0.141 e. The molecule has 0 amide bonds. The molecule has 1 N–H and O–H groups in total. The molecule has 22 heavy (non-hydrogen) atoms. The molecule has 116 valence electrons. The van der Waals surface area contributed by atoms with E-state index < -0.39 is 0 Å². The fourth-order valence-corrected chi connectivity index (χ4v) is 4.25. The van der Waals surface area contributed by atoms with E-state index in [-0.39, 0.29) is 0 Å². The normalized spacial score (nSPS) is 25.3. The summed E-state index contributed by atoms with van der Waals surface area (Å²) in [6, 6.07) is 11.6. The molecule has 2 aliphatic heterocycles. The van der Waals surface area contributed by atoms with Gasteiger partial charge in [-0.2, -0.15) is 0 Å². The quantitative estimate of drug-likeness (QED) is 0.931. The third kappa shape index (κ3) is 2.54. The largest absolute Gasteiger partial charge is 0.506 e. The first-order chi connectivity index (χ1) is 10.8. The van der Waals surface area contributed by atoms with Crippen LogP contribution in [0.5, 0.6) is 5.75 Å². The first kappa shape index (κ1) is 13.9. The van der Waals surface area contributed by atoms with Gasteiger partial charge in [0.05, 0.1) is 0 Å². The second-order valence-electron chi connectivity index (χ2n) is 6.74. The minimum Gasteiger partial charge on any atom is -0.506 e. The Labute approximate surface area is 132 Å². The molecule has 3 heterocycles. The van der Waals surface area contributed by atoms with Gasteiger partial charge in [-0.25, -0.2) is 0 Å². The minimum absolute atomic E-state index is 0.388. The number of aromatic hydroxyl groups is 1. The van der Waals surface area contributed by atoms with Crippen LogP contribution in [0.25, 0.3) is 11.1 Å². The van der Waals surface area contributed by atoms with Crippen molar-refractivity contribution in [1.29, 1.82) is 0 Å². The molecule has 2 fully saturated rings. The summed E-state index contributed by atoms with van der Waals surface area (Å²) in [5.41, 5.74) is 2.02. The molecule has 2 aliphatic rings. The molecule has 3 heteroatoms. The lowest BCUT2D eigenvalue weighted by molar-refractivity contribution is 0.139. The number of aromatic nitrogens is 1. The molecule has 3 nitrogen and oxygen atoms in total. The van der Waals surface area contributed by atoms with Crippen molar-refractivity contribution in [3.8, 4) is 16.9 Å². The third-order valence-electron chi connectivity index (χ3n) is 5.34. The van der Waals surface area contributed by atoms with Gasteiger partial charge in [-0.05, 0) is 37.8 Å². The molecule has 2 aromatic rings. The van der Waals surface area contributed by atoms with Crippen LogP contribution < -0.4 is 0 Å². The van der Waals surface area contributed by atoms with Gasteiger partial charge in [0.15, 0.2) is 0 Å². The Bertz CT molecular complexity index is 634. The van der Waals surface area contributed by atoms with Crippen molar-refractivity contribution in [3.63, 3.8) is 0 Å². The molecule has 1 aromatic carbocycles. The Hall–Kier alpha value is -1.74. The Morgan fingerprint density at radius 2 is 1.86 bits per heavy atom. The third-order valence-corrected chi connectivity index (χ3v) is 5.34. The van der Waals surface area contributed by atoms with E-state index in [1.165, 1.54) is 38.6 Å². The molecule has 2 atom stereocenters. The van der Waals surface area contributed by atoms with E-state index in [1.807, 2.05) is 24.4 Å². The first-order valence-electron chi connectivity index (χ1n) is 8.51. The van der Waals surface area contributed by atoms with Gasteiger partial charge in [-0.3, -0.25) is 4.90 Å². The van der Waals surface area contributed by atoms with Crippen LogP contribution in [0.3, 0.4) is 0 Å². The SMILES string of the molecule is Oc1cn(CC2CCC3CCCCN32)cc1-c1ccccc1. The van der Waals surface area contributed by atoms with Gasteiger partial charge in [-0.15, -0.1) is 0 Å². The second-order valence-corrected chi connectivity index (χ2v) is 6.74. The van der Waals surface area contributed by atoms with Crippen LogP contribution in [-0.2, 0) is 6.54 Å². The van der Waals surface area contributed by atoms with Crippen LogP contribution in [0.1, 0.15) is 32.1 Å². The zero-order chi connectivity index (χ0) is 14.9. The number of hydrogen-bond acceptors (Lipinski definition) is 2. The first-order valence-corrected chi connectivity index (χ1v) is 8.51. The van der Waals surface area contributed by atoms with Gasteiger partial charge < -0.3 is 9.67 Å². The van der Waals surface area contributed by atoms with Crippen molar-refractivity contribution in [2.45, 2.75) is 50.7 Å². The summed E-state index contributed by atoms with van der Waals surface area (Å²) in [6.07, 6.45) is 10.8. The summed E-state index contributed by atoms with van der Waals surface area (Å²) in [6.45, 7) is 2.25. The molecule has 2 unspecified atom stereocenters. The molecule has 4 rings (SSSR count). The highest BCUT2D eigenvalue weighted by molar-refractivity contribution is 5.69. The van der Waals surface area contributed by atoms with Crippen molar-refractivity contribution in [3.05, 3.63) is 42.7 Å². The van der Waals surface area contributed by atoms with Crippen LogP contribution in [0.4, 0.5) is 0 Å². The maximum atomic E-state index is 10.3. The van der Waals surface area contributed by atoms with Crippen LogP contribution in [0.2, 0.25) is 0 Å². The van der Waals surface area contributed by atoms with Gasteiger partial charge in [-0.1, -0.05) is 36.8 Å². The van der Waals surface area contributed by atoms with Gasteiger partial charge >= 0.3 is 0 Å². The van der Waals surface area contributed by atoms with E-state index in [0.29, 0.717) is 11.8 Å². The van der Waals surface area contributed by atoms with Crippen molar-refractivity contribution in [1.82, 2.24) is 9.47 Å². The summed E-state index contributed by atoms with van der Waals surface area (Å²) in [5, 5.41) is 10.3. The second kappa shape index (κ2) is 5.81. The summed E-state index contributed by atoms with van der Waals surface area (Å²) >= 11 is 0. The predicted octanol–water partition coefficient (Wildman–Crippen LogP) is 3.88. The van der Waals surface area contributed by atoms with E-state index in [1.54, 1.807) is 0 Å². The maximum absolute atomic E-state index is 10.3. The van der Waals surface area contributed by atoms with Crippen LogP contribution in [0.15, 0.2) is 42.7 Å². The molecular formula is C19H24N2O. The molecule has 1 aromatic heterocycles. The fourth-order valence-electron chi connectivity index (χ4n) is 4.25. The lowest BCUT2D eigenvalue weighted by atomic mass is 10.0. The number of benzene rings is 1. The fraction of sp³-hybridized carbons (Fsp3) is 0.474. The summed E-state index contributed by atoms with van der Waals surface area (Å²) in [7, 11) is 0. The Morgan fingerprint density at radius 1 is 1.00 bits per heavy atom. The number of hydrogen-bond donors (Lipinski definition) is 1. The molecular weight excluding hydrogens is 272 g/mol. The Balaban J connectivity index is 1.52. The summed E-state index contributed by atoms with van der Waals surface area (Å²) in [4.78, 5) is 2.71. The molecule has 0 radical (unpaired) electrons. The summed E-state index contributed by atoms with van der Waals surface area (Å²) < 4.78 is 2.18. The van der Waals surface area contributed by atoms with E-state index in [9.17, 15) is 5.11 Å². The minimum atomic E-state index is 0.388. The van der Waals surface area contributed by atoms with E-state index in [2.05, 4.69) is 27.8 Å². The molecule has 2 saturated heterocycles. The topological polar surface area (TPSA) is 28.4 Å². The number of piperidine rings is 1. The van der Waals surface area contributed by atoms with Crippen molar-refractivity contribution >= 4 is 0 Å².